The van der Waals surface area contributed by atoms with Gasteiger partial charge < -0.3 is 10.5 Å². The summed E-state index contributed by atoms with van der Waals surface area (Å²) >= 11 is 5.21. The van der Waals surface area contributed by atoms with Crippen LogP contribution >= 0.6 is 11.6 Å². The molecule has 0 radical (unpaired) electrons. The molecule has 0 unspecified atom stereocenters. The number of carbonyl (C=O) groups is 1. The maximum atomic E-state index is 10.6. The summed E-state index contributed by atoms with van der Waals surface area (Å²) in [6.07, 6.45) is 2.01. The lowest BCUT2D eigenvalue weighted by molar-refractivity contribution is -0.142. The van der Waals surface area contributed by atoms with Crippen LogP contribution in [0.3, 0.4) is 0 Å². The molecule has 0 rings (SSSR count). The van der Waals surface area contributed by atoms with E-state index in [-0.39, 0.29) is 0 Å². The standard InChI is InChI=1S/C6H10ClNO2/c1-10-6(9)5(8)3-2-4-7/h2,4-5H,3,8H2,1H3/b4-2-/t5-/m0/s1. The highest BCUT2D eigenvalue weighted by atomic mass is 35.5. The van der Waals surface area contributed by atoms with Crippen LogP contribution in [0.1, 0.15) is 6.42 Å². The quantitative estimate of drug-likeness (QED) is 0.621. The average Bonchev–Trinajstić information content (AvgIpc) is 1.98. The molecule has 0 aliphatic heterocycles. The van der Waals surface area contributed by atoms with E-state index in [9.17, 15) is 4.79 Å². The summed E-state index contributed by atoms with van der Waals surface area (Å²) < 4.78 is 4.37. The van der Waals surface area contributed by atoms with Gasteiger partial charge in [-0.2, -0.15) is 0 Å². The van der Waals surface area contributed by atoms with E-state index >= 15 is 0 Å². The summed E-state index contributed by atoms with van der Waals surface area (Å²) in [4.78, 5) is 10.6. The maximum Gasteiger partial charge on any atom is 0.322 e. The number of esters is 1. The molecule has 0 aromatic heterocycles. The van der Waals surface area contributed by atoms with Gasteiger partial charge in [0.1, 0.15) is 6.04 Å². The van der Waals surface area contributed by atoms with Crippen LogP contribution in [0.2, 0.25) is 0 Å². The molecular weight excluding hydrogens is 154 g/mol. The molecule has 10 heavy (non-hydrogen) atoms. The molecule has 2 N–H and O–H groups in total. The highest BCUT2D eigenvalue weighted by Gasteiger charge is 2.10. The number of methoxy groups -OCH3 is 1. The van der Waals surface area contributed by atoms with E-state index in [1.54, 1.807) is 6.08 Å². The third kappa shape index (κ3) is 3.48. The van der Waals surface area contributed by atoms with Gasteiger partial charge >= 0.3 is 5.97 Å². The molecule has 3 nitrogen and oxygen atoms in total. The van der Waals surface area contributed by atoms with Gasteiger partial charge in [-0.1, -0.05) is 17.7 Å². The molecular formula is C6H10ClNO2. The van der Waals surface area contributed by atoms with Gasteiger partial charge in [-0.25, -0.2) is 0 Å². The van der Waals surface area contributed by atoms with Gasteiger partial charge in [-0.05, 0) is 6.42 Å². The van der Waals surface area contributed by atoms with Crippen molar-refractivity contribution in [2.75, 3.05) is 7.11 Å². The highest BCUT2D eigenvalue weighted by molar-refractivity contribution is 6.25. The molecule has 0 bridgehead atoms. The lowest BCUT2D eigenvalue weighted by Gasteiger charge is -2.04. The first-order chi connectivity index (χ1) is 4.72. The number of nitrogens with two attached hydrogens (primary N) is 1. The van der Waals surface area contributed by atoms with E-state index in [4.69, 9.17) is 17.3 Å². The Balaban J connectivity index is 3.61. The summed E-state index contributed by atoms with van der Waals surface area (Å²) in [5.74, 6) is -0.422. The fourth-order valence-corrected chi connectivity index (χ4v) is 0.549. The van der Waals surface area contributed by atoms with Gasteiger partial charge in [0.05, 0.1) is 7.11 Å². The van der Waals surface area contributed by atoms with Gasteiger partial charge in [-0.3, -0.25) is 4.79 Å². The van der Waals surface area contributed by atoms with Crippen molar-refractivity contribution in [3.63, 3.8) is 0 Å². The van der Waals surface area contributed by atoms with Crippen molar-refractivity contribution in [3.8, 4) is 0 Å². The molecule has 0 spiro atoms. The Morgan fingerprint density at radius 1 is 1.90 bits per heavy atom. The van der Waals surface area contributed by atoms with E-state index in [0.29, 0.717) is 6.42 Å². The van der Waals surface area contributed by atoms with Crippen molar-refractivity contribution in [3.05, 3.63) is 11.6 Å². The Bertz CT molecular complexity index is 136. The molecule has 0 aliphatic carbocycles. The largest absolute Gasteiger partial charge is 0.468 e. The minimum Gasteiger partial charge on any atom is -0.468 e. The van der Waals surface area contributed by atoms with E-state index in [2.05, 4.69) is 4.74 Å². The van der Waals surface area contributed by atoms with Crippen LogP contribution in [0.25, 0.3) is 0 Å². The van der Waals surface area contributed by atoms with Crippen molar-refractivity contribution in [1.82, 2.24) is 0 Å². The number of ether oxygens (including phenoxy) is 1. The second kappa shape index (κ2) is 5.26. The van der Waals surface area contributed by atoms with Crippen molar-refractivity contribution >= 4 is 17.6 Å². The Hall–Kier alpha value is -0.540. The number of hydrogen-bond donors (Lipinski definition) is 1. The van der Waals surface area contributed by atoms with Gasteiger partial charge in [0.2, 0.25) is 0 Å². The summed E-state index contributed by atoms with van der Waals surface area (Å²) in [5, 5.41) is 0. The molecule has 0 aliphatic rings. The first kappa shape index (κ1) is 9.46. The summed E-state index contributed by atoms with van der Waals surface area (Å²) in [5.41, 5.74) is 6.65. The molecule has 1 atom stereocenters. The molecule has 4 heteroatoms. The predicted molar refractivity (Wildman–Crippen MR) is 39.6 cm³/mol. The van der Waals surface area contributed by atoms with Crippen LogP contribution in [0.4, 0.5) is 0 Å². The molecule has 0 amide bonds. The third-order valence-corrected chi connectivity index (χ3v) is 1.16. The average molecular weight is 164 g/mol. The van der Waals surface area contributed by atoms with Crippen LogP contribution < -0.4 is 5.73 Å². The van der Waals surface area contributed by atoms with Gasteiger partial charge in [0, 0.05) is 5.54 Å². The Morgan fingerprint density at radius 3 is 2.90 bits per heavy atom. The zero-order chi connectivity index (χ0) is 7.98. The van der Waals surface area contributed by atoms with E-state index in [1.165, 1.54) is 12.6 Å². The third-order valence-electron chi connectivity index (χ3n) is 0.983. The first-order valence-electron chi connectivity index (χ1n) is 2.81. The van der Waals surface area contributed by atoms with E-state index < -0.39 is 12.0 Å². The predicted octanol–water partition coefficient (Wildman–Crippen LogP) is 0.629. The SMILES string of the molecule is COC(=O)[C@@H](N)C/C=C\Cl. The number of hydrogen-bond acceptors (Lipinski definition) is 3. The molecule has 0 aromatic carbocycles. The Morgan fingerprint density at radius 2 is 2.50 bits per heavy atom. The van der Waals surface area contributed by atoms with E-state index in [1.807, 2.05) is 0 Å². The Labute approximate surface area is 64.8 Å². The second-order valence-corrected chi connectivity index (χ2v) is 1.98. The second-order valence-electron chi connectivity index (χ2n) is 1.73. The van der Waals surface area contributed by atoms with Crippen molar-refractivity contribution in [1.29, 1.82) is 0 Å². The lowest BCUT2D eigenvalue weighted by atomic mass is 10.2. The van der Waals surface area contributed by atoms with E-state index in [0.717, 1.165) is 0 Å². The molecule has 0 saturated carbocycles. The minimum absolute atomic E-state index is 0.413. The molecule has 0 fully saturated rings. The van der Waals surface area contributed by atoms with Crippen LogP contribution in [0.15, 0.2) is 11.6 Å². The van der Waals surface area contributed by atoms with Gasteiger partial charge in [0.25, 0.3) is 0 Å². The fraction of sp³-hybridized carbons (Fsp3) is 0.500. The van der Waals surface area contributed by atoms with Gasteiger partial charge in [-0.15, -0.1) is 0 Å². The fourth-order valence-electron chi connectivity index (χ4n) is 0.446. The van der Waals surface area contributed by atoms with Gasteiger partial charge in [0.15, 0.2) is 0 Å². The molecule has 0 saturated heterocycles. The highest BCUT2D eigenvalue weighted by Crippen LogP contribution is 1.93. The maximum absolute atomic E-state index is 10.6. The summed E-state index contributed by atoms with van der Waals surface area (Å²) in [6.45, 7) is 0. The molecule has 0 aromatic rings. The van der Waals surface area contributed by atoms with Crippen molar-refractivity contribution in [2.45, 2.75) is 12.5 Å². The lowest BCUT2D eigenvalue weighted by Crippen LogP contribution is -2.30. The van der Waals surface area contributed by atoms with Crippen LogP contribution in [0.5, 0.6) is 0 Å². The smallest absolute Gasteiger partial charge is 0.322 e. The first-order valence-corrected chi connectivity index (χ1v) is 3.24. The zero-order valence-corrected chi connectivity index (χ0v) is 6.47. The molecule has 0 heterocycles. The summed E-state index contributed by atoms with van der Waals surface area (Å²) in [7, 11) is 1.30. The zero-order valence-electron chi connectivity index (χ0n) is 5.71. The Kier molecular flexibility index (Phi) is 4.98. The normalized spacial score (nSPS) is 13.5. The number of rotatable bonds is 3. The van der Waals surface area contributed by atoms with Crippen LogP contribution in [-0.2, 0) is 9.53 Å². The van der Waals surface area contributed by atoms with Crippen molar-refractivity contribution < 1.29 is 9.53 Å². The number of carbonyl (C=O) groups excluding carboxylic acids is 1. The van der Waals surface area contributed by atoms with Crippen molar-refractivity contribution in [2.24, 2.45) is 5.73 Å². The topological polar surface area (TPSA) is 52.3 Å². The van der Waals surface area contributed by atoms with Crippen LogP contribution in [0, 0.1) is 0 Å². The monoisotopic (exact) mass is 163 g/mol. The summed E-state index contributed by atoms with van der Waals surface area (Å²) in [6, 6.07) is -0.597. The molecule has 58 valence electrons. The number of halogens is 1. The van der Waals surface area contributed by atoms with Crippen LogP contribution in [-0.4, -0.2) is 19.1 Å². The minimum atomic E-state index is -0.597.